The molecule has 0 aromatic carbocycles. The van der Waals surface area contributed by atoms with Crippen molar-refractivity contribution in [2.75, 3.05) is 19.0 Å². The summed E-state index contributed by atoms with van der Waals surface area (Å²) < 4.78 is 42.3. The Morgan fingerprint density at radius 3 is 2.71 bits per heavy atom. The van der Waals surface area contributed by atoms with Crippen molar-refractivity contribution in [1.82, 2.24) is 9.97 Å². The maximum Gasteiger partial charge on any atom is 0.451 e. The second kappa shape index (κ2) is 5.39. The molecule has 0 spiro atoms. The van der Waals surface area contributed by atoms with E-state index >= 15 is 0 Å². The van der Waals surface area contributed by atoms with Gasteiger partial charge in [-0.15, -0.1) is 12.3 Å². The highest BCUT2D eigenvalue weighted by atomic mass is 19.4. The number of rotatable bonds is 4. The summed E-state index contributed by atoms with van der Waals surface area (Å²) in [4.78, 5) is 6.54. The number of terminal acetylenes is 1. The molecule has 0 fully saturated rings. The number of halogens is 3. The normalized spacial score (nSPS) is 10.8. The third-order valence-corrected chi connectivity index (χ3v) is 1.71. The molecule has 17 heavy (non-hydrogen) atoms. The van der Waals surface area contributed by atoms with Gasteiger partial charge in [-0.25, -0.2) is 4.98 Å². The molecule has 1 aromatic heterocycles. The third kappa shape index (κ3) is 3.83. The average Bonchev–Trinajstić information content (AvgIpc) is 2.28. The minimum absolute atomic E-state index is 0.0306. The highest BCUT2D eigenvalue weighted by Crippen LogP contribution is 2.28. The molecule has 0 radical (unpaired) electrons. The molecule has 0 saturated heterocycles. The predicted octanol–water partition coefficient (Wildman–Crippen LogP) is 1.94. The van der Waals surface area contributed by atoms with E-state index in [9.17, 15) is 13.2 Å². The summed E-state index contributed by atoms with van der Waals surface area (Å²) in [6, 6.07) is 1.27. The van der Waals surface area contributed by atoms with Crippen LogP contribution < -0.4 is 10.1 Å². The van der Waals surface area contributed by atoms with Crippen LogP contribution in [0.15, 0.2) is 6.07 Å². The zero-order valence-corrected chi connectivity index (χ0v) is 9.01. The van der Waals surface area contributed by atoms with E-state index in [4.69, 9.17) is 11.2 Å². The summed E-state index contributed by atoms with van der Waals surface area (Å²) in [5, 5.41) is 2.50. The quantitative estimate of drug-likeness (QED) is 0.650. The molecule has 1 aromatic rings. The molecule has 0 aliphatic heterocycles. The highest BCUT2D eigenvalue weighted by Gasteiger charge is 2.35. The Bertz CT molecular complexity index is 426. The van der Waals surface area contributed by atoms with E-state index in [0.717, 1.165) is 0 Å². The monoisotopic (exact) mass is 245 g/mol. The van der Waals surface area contributed by atoms with Crippen LogP contribution in [0.5, 0.6) is 5.88 Å². The van der Waals surface area contributed by atoms with Crippen LogP contribution >= 0.6 is 0 Å². The number of hydrogen-bond donors (Lipinski definition) is 1. The number of nitrogens with one attached hydrogen (secondary N) is 1. The molecule has 1 heterocycles. The van der Waals surface area contributed by atoms with Crippen LogP contribution in [0, 0.1) is 12.3 Å². The van der Waals surface area contributed by atoms with Crippen LogP contribution in [0.1, 0.15) is 12.2 Å². The maximum absolute atomic E-state index is 12.4. The minimum atomic E-state index is -4.61. The van der Waals surface area contributed by atoms with Gasteiger partial charge in [0.2, 0.25) is 11.7 Å². The second-order valence-electron chi connectivity index (χ2n) is 2.97. The van der Waals surface area contributed by atoms with Gasteiger partial charge in [0.15, 0.2) is 0 Å². The molecule has 4 nitrogen and oxygen atoms in total. The molecule has 7 heteroatoms. The number of ether oxygens (including phenoxy) is 1. The van der Waals surface area contributed by atoms with Crippen LogP contribution in [0.2, 0.25) is 0 Å². The summed E-state index contributed by atoms with van der Waals surface area (Å²) in [5.74, 6) is 0.926. The van der Waals surface area contributed by atoms with Crippen LogP contribution in [-0.4, -0.2) is 23.6 Å². The van der Waals surface area contributed by atoms with E-state index in [1.54, 1.807) is 0 Å². The van der Waals surface area contributed by atoms with Gasteiger partial charge in [0.05, 0.1) is 0 Å². The first-order valence-electron chi connectivity index (χ1n) is 4.67. The number of alkyl halides is 3. The molecular formula is C10H10F3N3O. The lowest BCUT2D eigenvalue weighted by molar-refractivity contribution is -0.145. The Hall–Kier alpha value is -1.97. The van der Waals surface area contributed by atoms with Gasteiger partial charge in [-0.1, -0.05) is 0 Å². The lowest BCUT2D eigenvalue weighted by atomic mass is 10.4. The summed E-state index contributed by atoms with van der Waals surface area (Å²) in [6.07, 6.45) is 0.671. The average molecular weight is 245 g/mol. The Morgan fingerprint density at radius 1 is 1.47 bits per heavy atom. The van der Waals surface area contributed by atoms with Crippen molar-refractivity contribution >= 4 is 5.82 Å². The van der Waals surface area contributed by atoms with Crippen molar-refractivity contribution in [1.29, 1.82) is 0 Å². The lowest BCUT2D eigenvalue weighted by Crippen LogP contribution is -2.13. The fraction of sp³-hybridized carbons (Fsp3) is 0.400. The fourth-order valence-corrected chi connectivity index (χ4v) is 0.968. The van der Waals surface area contributed by atoms with Gasteiger partial charge >= 0.3 is 6.18 Å². The molecule has 0 atom stereocenters. The first kappa shape index (κ1) is 13.1. The maximum atomic E-state index is 12.4. The molecule has 1 N–H and O–H groups in total. The van der Waals surface area contributed by atoms with E-state index < -0.39 is 12.0 Å². The van der Waals surface area contributed by atoms with Crippen molar-refractivity contribution in [3.05, 3.63) is 11.9 Å². The Kier molecular flexibility index (Phi) is 4.15. The summed E-state index contributed by atoms with van der Waals surface area (Å²) >= 11 is 0. The van der Waals surface area contributed by atoms with Crippen molar-refractivity contribution in [2.24, 2.45) is 0 Å². The molecule has 0 amide bonds. The standard InChI is InChI=1S/C10H10F3N3O/c1-3-4-5-17-8-6-7(14-2)15-9(16-8)10(11,12)13/h1,6H,4-5H2,2H3,(H,14,15,16). The Balaban J connectivity index is 2.94. The highest BCUT2D eigenvalue weighted by molar-refractivity contribution is 5.38. The van der Waals surface area contributed by atoms with E-state index in [0.29, 0.717) is 6.42 Å². The molecule has 0 aliphatic rings. The van der Waals surface area contributed by atoms with Gasteiger partial charge < -0.3 is 10.1 Å². The van der Waals surface area contributed by atoms with E-state index in [2.05, 4.69) is 21.2 Å². The van der Waals surface area contributed by atoms with Crippen LogP contribution in [0.4, 0.5) is 19.0 Å². The SMILES string of the molecule is C#CCCOc1cc(NC)nc(C(F)(F)F)n1. The lowest BCUT2D eigenvalue weighted by Gasteiger charge is -2.10. The van der Waals surface area contributed by atoms with E-state index in [-0.39, 0.29) is 18.3 Å². The van der Waals surface area contributed by atoms with Crippen molar-refractivity contribution in [2.45, 2.75) is 12.6 Å². The smallest absolute Gasteiger partial charge is 0.451 e. The largest absolute Gasteiger partial charge is 0.477 e. The third-order valence-electron chi connectivity index (χ3n) is 1.71. The summed E-state index contributed by atoms with van der Waals surface area (Å²) in [6.45, 7) is 0.105. The van der Waals surface area contributed by atoms with Gasteiger partial charge in [-0.05, 0) is 0 Å². The first-order chi connectivity index (χ1) is 7.97. The van der Waals surface area contributed by atoms with Crippen molar-refractivity contribution < 1.29 is 17.9 Å². The molecule has 0 saturated carbocycles. The molecule has 1 rings (SSSR count). The number of nitrogens with zero attached hydrogens (tertiary/aromatic N) is 2. The van der Waals surface area contributed by atoms with Crippen LogP contribution in [0.25, 0.3) is 0 Å². The van der Waals surface area contributed by atoms with Gasteiger partial charge in [0.25, 0.3) is 0 Å². The fourth-order valence-electron chi connectivity index (χ4n) is 0.968. The molecule has 0 aliphatic carbocycles. The zero-order valence-electron chi connectivity index (χ0n) is 9.01. The number of anilines is 1. The molecule has 92 valence electrons. The van der Waals surface area contributed by atoms with Crippen LogP contribution in [0.3, 0.4) is 0 Å². The van der Waals surface area contributed by atoms with E-state index in [1.807, 2.05) is 0 Å². The molecule has 0 bridgehead atoms. The topological polar surface area (TPSA) is 47.0 Å². The zero-order chi connectivity index (χ0) is 12.9. The predicted molar refractivity (Wildman–Crippen MR) is 55.5 cm³/mol. The molecular weight excluding hydrogens is 235 g/mol. The Morgan fingerprint density at radius 2 is 2.18 bits per heavy atom. The molecule has 0 unspecified atom stereocenters. The van der Waals surface area contributed by atoms with Gasteiger partial charge in [-0.3, -0.25) is 0 Å². The minimum Gasteiger partial charge on any atom is -0.477 e. The van der Waals surface area contributed by atoms with E-state index in [1.165, 1.54) is 13.1 Å². The van der Waals surface area contributed by atoms with Gasteiger partial charge in [0, 0.05) is 19.5 Å². The van der Waals surface area contributed by atoms with Crippen LogP contribution in [-0.2, 0) is 6.18 Å². The first-order valence-corrected chi connectivity index (χ1v) is 4.67. The number of hydrogen-bond acceptors (Lipinski definition) is 4. The summed E-state index contributed by atoms with van der Waals surface area (Å²) in [5.41, 5.74) is 0. The number of aromatic nitrogens is 2. The van der Waals surface area contributed by atoms with Crippen molar-refractivity contribution in [3.8, 4) is 18.2 Å². The van der Waals surface area contributed by atoms with Gasteiger partial charge in [0.1, 0.15) is 12.4 Å². The Labute approximate surface area is 96.2 Å². The van der Waals surface area contributed by atoms with Gasteiger partial charge in [-0.2, -0.15) is 18.2 Å². The van der Waals surface area contributed by atoms with Crippen molar-refractivity contribution in [3.63, 3.8) is 0 Å². The second-order valence-corrected chi connectivity index (χ2v) is 2.97. The summed E-state index contributed by atoms with van der Waals surface area (Å²) in [7, 11) is 1.45.